The first-order valence-corrected chi connectivity index (χ1v) is 8.58. The molecule has 0 bridgehead atoms. The molecule has 2 aromatic heterocycles. The second-order valence-electron chi connectivity index (χ2n) is 7.12. The van der Waals surface area contributed by atoms with Gasteiger partial charge in [0, 0.05) is 12.6 Å². The minimum Gasteiger partial charge on any atom is -0.383 e. The molecule has 2 aromatic rings. The molecule has 3 rings (SSSR count). The van der Waals surface area contributed by atoms with Gasteiger partial charge in [-0.05, 0) is 24.7 Å². The van der Waals surface area contributed by atoms with Gasteiger partial charge in [-0.3, -0.25) is 14.7 Å². The number of nitrogens with two attached hydrogens (primary N) is 1. The summed E-state index contributed by atoms with van der Waals surface area (Å²) in [4.78, 5) is 31.0. The van der Waals surface area contributed by atoms with Gasteiger partial charge in [-0.25, -0.2) is 4.98 Å². The summed E-state index contributed by atoms with van der Waals surface area (Å²) >= 11 is 0. The summed E-state index contributed by atoms with van der Waals surface area (Å²) in [5.74, 6) is -0.152. The lowest BCUT2D eigenvalue weighted by molar-refractivity contribution is -0.147. The Kier molecular flexibility index (Phi) is 4.61. The fourth-order valence-electron chi connectivity index (χ4n) is 3.46. The first-order chi connectivity index (χ1) is 11.9. The number of likely N-dealkylation sites (tertiary alicyclic amines) is 1. The number of H-pyrrole nitrogens is 1. The topological polar surface area (TPSA) is 117 Å². The molecule has 0 unspecified atom stereocenters. The van der Waals surface area contributed by atoms with Gasteiger partial charge in [0.25, 0.3) is 0 Å². The van der Waals surface area contributed by atoms with Crippen LogP contribution >= 0.6 is 0 Å². The van der Waals surface area contributed by atoms with Crippen molar-refractivity contribution < 1.29 is 9.59 Å². The van der Waals surface area contributed by atoms with Crippen LogP contribution in [0.1, 0.15) is 33.6 Å². The number of carbonyl (C=O) groups excluding carboxylic acids is 2. The lowest BCUT2D eigenvalue weighted by Gasteiger charge is -2.40. The number of nitrogen functional groups attached to an aromatic ring is 1. The van der Waals surface area contributed by atoms with E-state index in [1.165, 1.54) is 12.4 Å². The summed E-state index contributed by atoms with van der Waals surface area (Å²) in [6.45, 7) is 6.87. The Bertz CT molecular complexity index is 800. The Morgan fingerprint density at radius 2 is 2.12 bits per heavy atom. The van der Waals surface area contributed by atoms with Gasteiger partial charge in [0.15, 0.2) is 0 Å². The molecule has 3 heterocycles. The predicted molar refractivity (Wildman–Crippen MR) is 95.7 cm³/mol. The highest BCUT2D eigenvalue weighted by Crippen LogP contribution is 2.27. The Morgan fingerprint density at radius 3 is 2.84 bits per heavy atom. The molecular weight excluding hydrogens is 320 g/mol. The SMILES string of the molecule is CC(C)[C@@H]1CC[C@@H](C)CN1C(=O)C(=O)Nc1cnc(N)c2cn[nH]c12. The number of rotatable bonds is 2. The van der Waals surface area contributed by atoms with Crippen LogP contribution in [0.15, 0.2) is 12.4 Å². The van der Waals surface area contributed by atoms with Crippen molar-refractivity contribution in [3.63, 3.8) is 0 Å². The molecule has 1 aliphatic rings. The first kappa shape index (κ1) is 17.2. The smallest absolute Gasteiger partial charge is 0.314 e. The number of aromatic amines is 1. The Labute approximate surface area is 146 Å². The average Bonchev–Trinajstić information content (AvgIpc) is 3.07. The van der Waals surface area contributed by atoms with Crippen LogP contribution in [-0.2, 0) is 9.59 Å². The second-order valence-corrected chi connectivity index (χ2v) is 7.12. The summed E-state index contributed by atoms with van der Waals surface area (Å²) in [5.41, 5.74) is 6.74. The van der Waals surface area contributed by atoms with Crippen molar-refractivity contribution in [1.29, 1.82) is 0 Å². The molecule has 0 spiro atoms. The van der Waals surface area contributed by atoms with E-state index in [9.17, 15) is 9.59 Å². The quantitative estimate of drug-likeness (QED) is 0.718. The molecule has 4 N–H and O–H groups in total. The lowest BCUT2D eigenvalue weighted by atomic mass is 9.88. The predicted octanol–water partition coefficient (Wildman–Crippen LogP) is 1.76. The minimum atomic E-state index is -0.665. The molecule has 0 saturated carbocycles. The van der Waals surface area contributed by atoms with Crippen LogP contribution in [0.2, 0.25) is 0 Å². The second kappa shape index (κ2) is 6.70. The van der Waals surface area contributed by atoms with Crippen LogP contribution < -0.4 is 11.1 Å². The lowest BCUT2D eigenvalue weighted by Crippen LogP contribution is -2.52. The van der Waals surface area contributed by atoms with Gasteiger partial charge in [-0.2, -0.15) is 5.10 Å². The van der Waals surface area contributed by atoms with Gasteiger partial charge in [0.1, 0.15) is 5.82 Å². The summed E-state index contributed by atoms with van der Waals surface area (Å²) in [6.07, 6.45) is 4.97. The molecule has 2 atom stereocenters. The molecule has 1 aliphatic heterocycles. The molecule has 134 valence electrons. The van der Waals surface area contributed by atoms with Crippen LogP contribution in [0.4, 0.5) is 11.5 Å². The third-order valence-electron chi connectivity index (χ3n) is 4.85. The van der Waals surface area contributed by atoms with Gasteiger partial charge >= 0.3 is 11.8 Å². The molecular formula is C17H24N6O2. The molecule has 1 saturated heterocycles. The van der Waals surface area contributed by atoms with Gasteiger partial charge in [0.2, 0.25) is 0 Å². The number of pyridine rings is 1. The summed E-state index contributed by atoms with van der Waals surface area (Å²) < 4.78 is 0. The molecule has 0 aromatic carbocycles. The van der Waals surface area contributed by atoms with Crippen LogP contribution in [0.25, 0.3) is 10.9 Å². The third kappa shape index (κ3) is 3.29. The van der Waals surface area contributed by atoms with Crippen LogP contribution in [-0.4, -0.2) is 44.5 Å². The standard InChI is InChI=1S/C17H24N6O2/c1-9(2)13-5-4-10(3)8-23(13)17(25)16(24)21-12-7-19-15(18)11-6-20-22-14(11)12/h6-7,9-10,13H,4-5,8H2,1-3H3,(H2,18,19)(H,20,22)(H,21,24)/t10-,13+/m1/s1. The van der Waals surface area contributed by atoms with E-state index in [0.29, 0.717) is 40.8 Å². The highest BCUT2D eigenvalue weighted by atomic mass is 16.2. The number of nitrogens with zero attached hydrogens (tertiary/aromatic N) is 3. The molecule has 8 heteroatoms. The number of nitrogens with one attached hydrogen (secondary N) is 2. The van der Waals surface area contributed by atoms with E-state index in [1.807, 2.05) is 0 Å². The number of anilines is 2. The van der Waals surface area contributed by atoms with Gasteiger partial charge in [0.05, 0.1) is 29.0 Å². The van der Waals surface area contributed by atoms with Crippen molar-refractivity contribution >= 4 is 34.2 Å². The normalized spacial score (nSPS) is 20.9. The molecule has 1 fully saturated rings. The molecule has 2 amide bonds. The number of carbonyl (C=O) groups is 2. The number of fused-ring (bicyclic) bond motifs is 1. The number of hydrogen-bond acceptors (Lipinski definition) is 5. The van der Waals surface area contributed by atoms with Crippen molar-refractivity contribution in [2.45, 2.75) is 39.7 Å². The fourth-order valence-corrected chi connectivity index (χ4v) is 3.46. The van der Waals surface area contributed by atoms with Crippen LogP contribution in [0, 0.1) is 11.8 Å². The maximum atomic E-state index is 12.7. The van der Waals surface area contributed by atoms with Gasteiger partial charge in [-0.1, -0.05) is 20.8 Å². The first-order valence-electron chi connectivity index (χ1n) is 8.58. The highest BCUT2D eigenvalue weighted by molar-refractivity contribution is 6.40. The number of hydrogen-bond donors (Lipinski definition) is 3. The Balaban J connectivity index is 1.80. The van der Waals surface area contributed by atoms with Crippen molar-refractivity contribution in [2.24, 2.45) is 11.8 Å². The third-order valence-corrected chi connectivity index (χ3v) is 4.85. The molecule has 0 aliphatic carbocycles. The molecule has 0 radical (unpaired) electrons. The monoisotopic (exact) mass is 344 g/mol. The van der Waals surface area contributed by atoms with E-state index in [-0.39, 0.29) is 6.04 Å². The highest BCUT2D eigenvalue weighted by Gasteiger charge is 2.34. The maximum Gasteiger partial charge on any atom is 0.314 e. The largest absolute Gasteiger partial charge is 0.383 e. The van der Waals surface area contributed by atoms with E-state index in [0.717, 1.165) is 12.8 Å². The van der Waals surface area contributed by atoms with Crippen molar-refractivity contribution in [3.05, 3.63) is 12.4 Å². The van der Waals surface area contributed by atoms with Crippen molar-refractivity contribution in [1.82, 2.24) is 20.1 Å². The van der Waals surface area contributed by atoms with Crippen LogP contribution in [0.5, 0.6) is 0 Å². The van der Waals surface area contributed by atoms with E-state index in [1.54, 1.807) is 4.90 Å². The molecule has 8 nitrogen and oxygen atoms in total. The van der Waals surface area contributed by atoms with E-state index in [2.05, 4.69) is 41.3 Å². The molecule has 25 heavy (non-hydrogen) atoms. The maximum absolute atomic E-state index is 12.7. The average molecular weight is 344 g/mol. The van der Waals surface area contributed by atoms with Gasteiger partial charge < -0.3 is 16.0 Å². The number of amides is 2. The van der Waals surface area contributed by atoms with E-state index < -0.39 is 11.8 Å². The fraction of sp³-hybridized carbons (Fsp3) is 0.529. The van der Waals surface area contributed by atoms with Crippen molar-refractivity contribution in [3.8, 4) is 0 Å². The van der Waals surface area contributed by atoms with E-state index in [4.69, 9.17) is 5.73 Å². The Hall–Kier alpha value is -2.64. The number of piperidine rings is 1. The Morgan fingerprint density at radius 1 is 1.36 bits per heavy atom. The zero-order chi connectivity index (χ0) is 18.1. The zero-order valence-corrected chi connectivity index (χ0v) is 14.7. The van der Waals surface area contributed by atoms with Crippen LogP contribution in [0.3, 0.4) is 0 Å². The summed E-state index contributed by atoms with van der Waals surface area (Å²) in [7, 11) is 0. The minimum absolute atomic E-state index is 0.0890. The van der Waals surface area contributed by atoms with Crippen molar-refractivity contribution in [2.75, 3.05) is 17.6 Å². The van der Waals surface area contributed by atoms with E-state index >= 15 is 0 Å². The zero-order valence-electron chi connectivity index (χ0n) is 14.7. The summed E-state index contributed by atoms with van der Waals surface area (Å²) in [5, 5.41) is 9.95. The summed E-state index contributed by atoms with van der Waals surface area (Å²) in [6, 6.07) is 0.0890. The number of aromatic nitrogens is 3. The van der Waals surface area contributed by atoms with Gasteiger partial charge in [-0.15, -0.1) is 0 Å².